The molecule has 8 heteroatoms. The van der Waals surface area contributed by atoms with E-state index >= 15 is 0 Å². The molecule has 2 aromatic heterocycles. The molecule has 0 aliphatic heterocycles. The molecular weight excluding hydrogens is 442 g/mol. The van der Waals surface area contributed by atoms with Crippen molar-refractivity contribution >= 4 is 23.1 Å². The lowest BCUT2D eigenvalue weighted by Gasteiger charge is -2.14. The summed E-state index contributed by atoms with van der Waals surface area (Å²) in [5.41, 5.74) is 3.04. The van der Waals surface area contributed by atoms with Gasteiger partial charge in [0.15, 0.2) is 5.58 Å². The van der Waals surface area contributed by atoms with Crippen molar-refractivity contribution in [2.24, 2.45) is 0 Å². The number of carbonyl (C=O) groups is 1. The van der Waals surface area contributed by atoms with Crippen LogP contribution in [0.25, 0.3) is 17.2 Å². The SMILES string of the molecule is CNC(=O)C=Cc1cn(C(Cc2cccc(Oc3ccccc3)c2)c2nc3ccccc3o2)nn1. The van der Waals surface area contributed by atoms with E-state index < -0.39 is 0 Å². The molecule has 0 aliphatic carbocycles. The minimum atomic E-state index is -0.357. The van der Waals surface area contributed by atoms with Gasteiger partial charge in [0.25, 0.3) is 0 Å². The maximum Gasteiger partial charge on any atom is 0.243 e. The molecule has 174 valence electrons. The Labute approximate surface area is 201 Å². The first-order chi connectivity index (χ1) is 17.2. The summed E-state index contributed by atoms with van der Waals surface area (Å²) in [5, 5.41) is 11.0. The van der Waals surface area contributed by atoms with Gasteiger partial charge >= 0.3 is 0 Å². The molecule has 0 aliphatic rings. The van der Waals surface area contributed by atoms with Crippen molar-refractivity contribution in [1.29, 1.82) is 0 Å². The Hall–Kier alpha value is -4.72. The summed E-state index contributed by atoms with van der Waals surface area (Å²) in [7, 11) is 1.57. The number of rotatable bonds is 8. The highest BCUT2D eigenvalue weighted by Gasteiger charge is 2.23. The number of nitrogens with one attached hydrogen (secondary N) is 1. The number of amides is 1. The summed E-state index contributed by atoms with van der Waals surface area (Å²) in [6.45, 7) is 0. The highest BCUT2D eigenvalue weighted by molar-refractivity contribution is 5.91. The normalized spacial score (nSPS) is 12.1. The van der Waals surface area contributed by atoms with E-state index in [0.29, 0.717) is 23.6 Å². The molecule has 2 heterocycles. The molecule has 3 aromatic carbocycles. The number of nitrogens with zero attached hydrogens (tertiary/aromatic N) is 4. The predicted octanol–water partition coefficient (Wildman–Crippen LogP) is 4.80. The molecule has 8 nitrogen and oxygen atoms in total. The van der Waals surface area contributed by atoms with Crippen LogP contribution in [0.4, 0.5) is 0 Å². The van der Waals surface area contributed by atoms with Gasteiger partial charge in [0.05, 0.1) is 6.20 Å². The van der Waals surface area contributed by atoms with E-state index in [0.717, 1.165) is 22.6 Å². The third kappa shape index (κ3) is 5.27. The topological polar surface area (TPSA) is 95.1 Å². The van der Waals surface area contributed by atoms with Crippen molar-refractivity contribution in [3.05, 3.63) is 108 Å². The Bertz CT molecular complexity index is 1440. The summed E-state index contributed by atoms with van der Waals surface area (Å²) in [6.07, 6.45) is 5.33. The van der Waals surface area contributed by atoms with Crippen LogP contribution >= 0.6 is 0 Å². The van der Waals surface area contributed by atoms with Crippen LogP contribution in [0, 0.1) is 0 Å². The van der Waals surface area contributed by atoms with Gasteiger partial charge in [-0.15, -0.1) is 5.10 Å². The van der Waals surface area contributed by atoms with Crippen LogP contribution in [0.5, 0.6) is 11.5 Å². The van der Waals surface area contributed by atoms with Crippen LogP contribution in [0.2, 0.25) is 0 Å². The first-order valence-electron chi connectivity index (χ1n) is 11.2. The monoisotopic (exact) mass is 465 g/mol. The first-order valence-corrected chi connectivity index (χ1v) is 11.2. The molecule has 1 atom stereocenters. The molecule has 0 fully saturated rings. The zero-order chi connectivity index (χ0) is 24.0. The summed E-state index contributed by atoms with van der Waals surface area (Å²) in [6, 6.07) is 24.8. The van der Waals surface area contributed by atoms with E-state index in [-0.39, 0.29) is 11.9 Å². The van der Waals surface area contributed by atoms with Crippen molar-refractivity contribution in [2.75, 3.05) is 7.05 Å². The van der Waals surface area contributed by atoms with Gasteiger partial charge in [0, 0.05) is 19.5 Å². The third-order valence-corrected chi connectivity index (χ3v) is 5.40. The fraction of sp³-hybridized carbons (Fsp3) is 0.111. The van der Waals surface area contributed by atoms with Gasteiger partial charge in [0.2, 0.25) is 11.8 Å². The van der Waals surface area contributed by atoms with Crippen molar-refractivity contribution in [2.45, 2.75) is 12.5 Å². The van der Waals surface area contributed by atoms with Crippen molar-refractivity contribution < 1.29 is 13.9 Å². The van der Waals surface area contributed by atoms with Gasteiger partial charge in [-0.3, -0.25) is 4.79 Å². The van der Waals surface area contributed by atoms with Gasteiger partial charge in [0.1, 0.15) is 28.8 Å². The lowest BCUT2D eigenvalue weighted by Crippen LogP contribution is -2.15. The van der Waals surface area contributed by atoms with Crippen LogP contribution in [0.1, 0.15) is 23.2 Å². The van der Waals surface area contributed by atoms with Crippen molar-refractivity contribution in [3.8, 4) is 11.5 Å². The predicted molar refractivity (Wildman–Crippen MR) is 132 cm³/mol. The van der Waals surface area contributed by atoms with Crippen molar-refractivity contribution in [1.82, 2.24) is 25.3 Å². The number of likely N-dealkylation sites (N-methyl/N-ethyl adjacent to an activating group) is 1. The van der Waals surface area contributed by atoms with Gasteiger partial charge in [-0.25, -0.2) is 9.67 Å². The number of benzene rings is 3. The number of para-hydroxylation sites is 3. The van der Waals surface area contributed by atoms with E-state index in [2.05, 4.69) is 15.6 Å². The van der Waals surface area contributed by atoms with E-state index in [4.69, 9.17) is 14.1 Å². The fourth-order valence-electron chi connectivity index (χ4n) is 3.67. The van der Waals surface area contributed by atoms with Crippen LogP contribution in [-0.2, 0) is 11.2 Å². The lowest BCUT2D eigenvalue weighted by molar-refractivity contribution is -0.115. The largest absolute Gasteiger partial charge is 0.457 e. The average Bonchev–Trinajstić information content (AvgIpc) is 3.54. The average molecular weight is 466 g/mol. The van der Waals surface area contributed by atoms with Gasteiger partial charge in [-0.2, -0.15) is 0 Å². The van der Waals surface area contributed by atoms with E-state index in [1.165, 1.54) is 6.08 Å². The zero-order valence-corrected chi connectivity index (χ0v) is 19.0. The quantitative estimate of drug-likeness (QED) is 0.331. The highest BCUT2D eigenvalue weighted by atomic mass is 16.5. The minimum Gasteiger partial charge on any atom is -0.457 e. The summed E-state index contributed by atoms with van der Waals surface area (Å²) < 4.78 is 13.8. The highest BCUT2D eigenvalue weighted by Crippen LogP contribution is 2.28. The second-order valence-electron chi connectivity index (χ2n) is 7.87. The molecule has 1 unspecified atom stereocenters. The Kier molecular flexibility index (Phi) is 6.34. The molecule has 5 rings (SSSR count). The zero-order valence-electron chi connectivity index (χ0n) is 19.0. The smallest absolute Gasteiger partial charge is 0.243 e. The maximum atomic E-state index is 11.6. The molecule has 0 saturated heterocycles. The molecule has 0 saturated carbocycles. The number of hydrogen-bond acceptors (Lipinski definition) is 6. The Balaban J connectivity index is 1.46. The second-order valence-corrected chi connectivity index (χ2v) is 7.87. The van der Waals surface area contributed by atoms with Crippen LogP contribution < -0.4 is 10.1 Å². The minimum absolute atomic E-state index is 0.217. The standard InChI is InChI=1S/C27H23N5O3/c1-28-26(33)15-14-20-18-32(31-30-20)24(27-29-23-12-5-6-13-25(23)35-27)17-19-8-7-11-22(16-19)34-21-9-3-2-4-10-21/h2-16,18,24H,17H2,1H3,(H,28,33). The van der Waals surface area contributed by atoms with Crippen LogP contribution in [0.3, 0.4) is 0 Å². The number of carbonyl (C=O) groups excluding carboxylic acids is 1. The molecular formula is C27H23N5O3. The number of oxazole rings is 1. The number of hydrogen-bond donors (Lipinski definition) is 1. The van der Waals surface area contributed by atoms with Gasteiger partial charge in [-0.1, -0.05) is 47.7 Å². The summed E-state index contributed by atoms with van der Waals surface area (Å²) >= 11 is 0. The van der Waals surface area contributed by atoms with E-state index in [1.54, 1.807) is 24.0 Å². The Morgan fingerprint density at radius 2 is 1.86 bits per heavy atom. The molecule has 5 aromatic rings. The lowest BCUT2D eigenvalue weighted by atomic mass is 10.1. The third-order valence-electron chi connectivity index (χ3n) is 5.40. The van der Waals surface area contributed by atoms with Crippen LogP contribution in [-0.4, -0.2) is 32.9 Å². The molecule has 35 heavy (non-hydrogen) atoms. The van der Waals surface area contributed by atoms with Crippen molar-refractivity contribution in [3.63, 3.8) is 0 Å². The number of ether oxygens (including phenoxy) is 1. The summed E-state index contributed by atoms with van der Waals surface area (Å²) in [5.74, 6) is 1.80. The molecule has 0 spiro atoms. The number of fused-ring (bicyclic) bond motifs is 1. The van der Waals surface area contributed by atoms with E-state index in [1.807, 2.05) is 78.9 Å². The fourth-order valence-corrected chi connectivity index (χ4v) is 3.67. The molecule has 0 bridgehead atoms. The molecule has 1 N–H and O–H groups in total. The van der Waals surface area contributed by atoms with Gasteiger partial charge < -0.3 is 14.5 Å². The van der Waals surface area contributed by atoms with E-state index in [9.17, 15) is 4.79 Å². The maximum absolute atomic E-state index is 11.6. The van der Waals surface area contributed by atoms with Crippen LogP contribution in [0.15, 0.2) is 95.6 Å². The first kappa shape index (κ1) is 22.1. The number of aromatic nitrogens is 4. The Morgan fingerprint density at radius 3 is 2.69 bits per heavy atom. The Morgan fingerprint density at radius 1 is 1.06 bits per heavy atom. The molecule has 1 amide bonds. The molecule has 0 radical (unpaired) electrons. The summed E-state index contributed by atoms with van der Waals surface area (Å²) in [4.78, 5) is 16.3. The van der Waals surface area contributed by atoms with Gasteiger partial charge in [-0.05, 0) is 48.0 Å². The second kappa shape index (κ2) is 10.0.